The van der Waals surface area contributed by atoms with E-state index in [-0.39, 0.29) is 6.54 Å². The summed E-state index contributed by atoms with van der Waals surface area (Å²) >= 11 is 0. The van der Waals surface area contributed by atoms with Gasteiger partial charge in [0.15, 0.2) is 5.75 Å². The Morgan fingerprint density at radius 2 is 2.62 bits per heavy atom. The smallest absolute Gasteiger partial charge is 0.325 e. The molecule has 1 atom stereocenters. The Morgan fingerprint density at radius 1 is 1.75 bits per heavy atom. The Morgan fingerprint density at radius 3 is 3.31 bits per heavy atom. The van der Waals surface area contributed by atoms with Gasteiger partial charge in [-0.3, -0.25) is 9.48 Å². The second-order valence-electron chi connectivity index (χ2n) is 3.81. The predicted molar refractivity (Wildman–Crippen MR) is 54.3 cm³/mol. The van der Waals surface area contributed by atoms with Gasteiger partial charge < -0.3 is 14.6 Å². The zero-order valence-corrected chi connectivity index (χ0v) is 8.83. The fourth-order valence-electron chi connectivity index (χ4n) is 1.57. The van der Waals surface area contributed by atoms with E-state index in [1.165, 1.54) is 10.9 Å². The first kappa shape index (κ1) is 10.9. The molecule has 2 rings (SSSR count). The minimum atomic E-state index is -0.918. The highest BCUT2D eigenvalue weighted by atomic mass is 16.5. The molecule has 1 aliphatic heterocycles. The molecule has 0 aromatic carbocycles. The molecule has 0 saturated carbocycles. The number of hydrogen-bond acceptors (Lipinski definition) is 4. The molecule has 6 heteroatoms. The summed E-state index contributed by atoms with van der Waals surface area (Å²) in [6.45, 7) is 1.99. The van der Waals surface area contributed by atoms with Crippen LogP contribution >= 0.6 is 0 Å². The van der Waals surface area contributed by atoms with Crippen LogP contribution in [0.25, 0.3) is 0 Å². The first-order chi connectivity index (χ1) is 7.74. The molecular formula is C10H14N2O4. The highest BCUT2D eigenvalue weighted by Gasteiger charge is 2.16. The van der Waals surface area contributed by atoms with Crippen LogP contribution in [0, 0.1) is 5.92 Å². The van der Waals surface area contributed by atoms with E-state index in [2.05, 4.69) is 5.10 Å². The average Bonchev–Trinajstić information content (AvgIpc) is 2.84. The van der Waals surface area contributed by atoms with E-state index in [0.29, 0.717) is 18.3 Å². The van der Waals surface area contributed by atoms with Crippen molar-refractivity contribution >= 4 is 5.97 Å². The van der Waals surface area contributed by atoms with Gasteiger partial charge in [0.2, 0.25) is 0 Å². The summed E-state index contributed by atoms with van der Waals surface area (Å²) in [5, 5.41) is 12.4. The van der Waals surface area contributed by atoms with Crippen LogP contribution in [0.2, 0.25) is 0 Å². The number of carboxylic acid groups (broad SMARTS) is 1. The van der Waals surface area contributed by atoms with Crippen molar-refractivity contribution in [3.05, 3.63) is 12.4 Å². The fourth-order valence-corrected chi connectivity index (χ4v) is 1.57. The molecule has 0 radical (unpaired) electrons. The Hall–Kier alpha value is -1.56. The zero-order valence-electron chi connectivity index (χ0n) is 8.83. The number of nitrogens with zero attached hydrogens (tertiary/aromatic N) is 2. The monoisotopic (exact) mass is 226 g/mol. The van der Waals surface area contributed by atoms with Gasteiger partial charge in [-0.2, -0.15) is 5.10 Å². The van der Waals surface area contributed by atoms with E-state index in [4.69, 9.17) is 14.6 Å². The molecule has 1 N–H and O–H groups in total. The lowest BCUT2D eigenvalue weighted by Gasteiger charge is -2.07. The van der Waals surface area contributed by atoms with Gasteiger partial charge in [-0.25, -0.2) is 0 Å². The standard InChI is InChI=1S/C10H14N2O4/c13-10(14)5-12-4-9(3-11-12)16-7-8-1-2-15-6-8/h3-4,8H,1-2,5-7H2,(H,13,14). The molecule has 1 aromatic heterocycles. The SMILES string of the molecule is O=C(O)Cn1cc(OCC2CCOC2)cn1. The third kappa shape index (κ3) is 2.96. The Balaban J connectivity index is 1.80. The number of carboxylic acids is 1. The lowest BCUT2D eigenvalue weighted by Crippen LogP contribution is -2.11. The Kier molecular flexibility index (Phi) is 3.40. The first-order valence-corrected chi connectivity index (χ1v) is 5.19. The Labute approximate surface area is 92.8 Å². The van der Waals surface area contributed by atoms with Gasteiger partial charge in [0.05, 0.1) is 25.6 Å². The zero-order chi connectivity index (χ0) is 11.4. The molecule has 1 saturated heterocycles. The minimum Gasteiger partial charge on any atom is -0.490 e. The fraction of sp³-hybridized carbons (Fsp3) is 0.600. The van der Waals surface area contributed by atoms with E-state index in [1.54, 1.807) is 6.20 Å². The number of aliphatic carboxylic acids is 1. The molecule has 0 amide bonds. The quantitative estimate of drug-likeness (QED) is 0.785. The van der Waals surface area contributed by atoms with E-state index in [1.807, 2.05) is 0 Å². The highest BCUT2D eigenvalue weighted by Crippen LogP contribution is 2.15. The van der Waals surface area contributed by atoms with Crippen LogP contribution < -0.4 is 4.74 Å². The van der Waals surface area contributed by atoms with Gasteiger partial charge in [0, 0.05) is 12.5 Å². The Bertz CT molecular complexity index is 357. The molecule has 1 aliphatic rings. The maximum Gasteiger partial charge on any atom is 0.325 e. The van der Waals surface area contributed by atoms with Gasteiger partial charge >= 0.3 is 5.97 Å². The maximum atomic E-state index is 10.4. The molecule has 6 nitrogen and oxygen atoms in total. The van der Waals surface area contributed by atoms with Crippen molar-refractivity contribution in [2.45, 2.75) is 13.0 Å². The third-order valence-electron chi connectivity index (χ3n) is 2.42. The largest absolute Gasteiger partial charge is 0.490 e. The van der Waals surface area contributed by atoms with Crippen LogP contribution in [0.5, 0.6) is 5.75 Å². The van der Waals surface area contributed by atoms with Crippen molar-refractivity contribution in [1.82, 2.24) is 9.78 Å². The summed E-state index contributed by atoms with van der Waals surface area (Å²) in [6.07, 6.45) is 4.13. The normalized spacial score (nSPS) is 19.9. The van der Waals surface area contributed by atoms with Crippen molar-refractivity contribution in [3.63, 3.8) is 0 Å². The molecule has 1 fully saturated rings. The maximum absolute atomic E-state index is 10.4. The lowest BCUT2D eigenvalue weighted by molar-refractivity contribution is -0.137. The van der Waals surface area contributed by atoms with Crippen molar-refractivity contribution < 1.29 is 19.4 Å². The molecule has 88 valence electrons. The van der Waals surface area contributed by atoms with E-state index >= 15 is 0 Å². The summed E-state index contributed by atoms with van der Waals surface area (Å²) in [5.41, 5.74) is 0. The van der Waals surface area contributed by atoms with Crippen LogP contribution in [0.15, 0.2) is 12.4 Å². The van der Waals surface area contributed by atoms with E-state index in [0.717, 1.165) is 19.6 Å². The van der Waals surface area contributed by atoms with Crippen molar-refractivity contribution in [2.75, 3.05) is 19.8 Å². The second-order valence-corrected chi connectivity index (χ2v) is 3.81. The van der Waals surface area contributed by atoms with Crippen LogP contribution in [0.3, 0.4) is 0 Å². The van der Waals surface area contributed by atoms with Gasteiger partial charge in [0.25, 0.3) is 0 Å². The summed E-state index contributed by atoms with van der Waals surface area (Å²) in [7, 11) is 0. The van der Waals surface area contributed by atoms with Crippen LogP contribution in [0.1, 0.15) is 6.42 Å². The number of carbonyl (C=O) groups is 1. The number of hydrogen-bond donors (Lipinski definition) is 1. The molecule has 0 aliphatic carbocycles. The molecule has 1 aromatic rings. The predicted octanol–water partition coefficient (Wildman–Crippen LogP) is 0.383. The van der Waals surface area contributed by atoms with E-state index < -0.39 is 5.97 Å². The topological polar surface area (TPSA) is 73.6 Å². The summed E-state index contributed by atoms with van der Waals surface area (Å²) in [6, 6.07) is 0. The molecule has 2 heterocycles. The highest BCUT2D eigenvalue weighted by molar-refractivity contribution is 5.66. The summed E-state index contributed by atoms with van der Waals surface area (Å²) in [4.78, 5) is 10.4. The number of rotatable bonds is 5. The second kappa shape index (κ2) is 4.98. The van der Waals surface area contributed by atoms with Crippen molar-refractivity contribution in [1.29, 1.82) is 0 Å². The summed E-state index contributed by atoms with van der Waals surface area (Å²) in [5.74, 6) is 0.120. The van der Waals surface area contributed by atoms with Gasteiger partial charge in [-0.1, -0.05) is 0 Å². The first-order valence-electron chi connectivity index (χ1n) is 5.19. The lowest BCUT2D eigenvalue weighted by atomic mass is 10.1. The van der Waals surface area contributed by atoms with Gasteiger partial charge in [0.1, 0.15) is 6.54 Å². The van der Waals surface area contributed by atoms with Crippen LogP contribution in [-0.2, 0) is 16.1 Å². The van der Waals surface area contributed by atoms with Crippen molar-refractivity contribution in [3.8, 4) is 5.75 Å². The molecule has 0 spiro atoms. The third-order valence-corrected chi connectivity index (χ3v) is 2.42. The molecule has 16 heavy (non-hydrogen) atoms. The molecule has 0 bridgehead atoms. The van der Waals surface area contributed by atoms with E-state index in [9.17, 15) is 4.79 Å². The van der Waals surface area contributed by atoms with Crippen LogP contribution in [-0.4, -0.2) is 40.7 Å². The van der Waals surface area contributed by atoms with Gasteiger partial charge in [-0.15, -0.1) is 0 Å². The molecular weight excluding hydrogens is 212 g/mol. The molecule has 1 unspecified atom stereocenters. The number of aromatic nitrogens is 2. The minimum absolute atomic E-state index is 0.143. The average molecular weight is 226 g/mol. The van der Waals surface area contributed by atoms with Gasteiger partial charge in [-0.05, 0) is 6.42 Å². The van der Waals surface area contributed by atoms with Crippen molar-refractivity contribution in [2.24, 2.45) is 5.92 Å². The number of ether oxygens (including phenoxy) is 2. The summed E-state index contributed by atoms with van der Waals surface area (Å²) < 4.78 is 12.1. The van der Waals surface area contributed by atoms with Crippen LogP contribution in [0.4, 0.5) is 0 Å².